The summed E-state index contributed by atoms with van der Waals surface area (Å²) in [6.07, 6.45) is 0. The predicted octanol–water partition coefficient (Wildman–Crippen LogP) is 2.52. The molecule has 1 amide bonds. The lowest BCUT2D eigenvalue weighted by Gasteiger charge is -2.07. The lowest BCUT2D eigenvalue weighted by molar-refractivity contribution is -0.385. The van der Waals surface area contributed by atoms with Gasteiger partial charge in [0.1, 0.15) is 28.4 Å². The summed E-state index contributed by atoms with van der Waals surface area (Å²) in [5, 5.41) is 22.5. The number of hydrogen-bond donors (Lipinski definition) is 2. The van der Waals surface area contributed by atoms with Crippen molar-refractivity contribution in [2.75, 3.05) is 6.61 Å². The highest BCUT2D eigenvalue weighted by molar-refractivity contribution is 5.98. The van der Waals surface area contributed by atoms with Gasteiger partial charge in [-0.05, 0) is 32.0 Å². The number of aromatic carboxylic acids is 1. The van der Waals surface area contributed by atoms with Crippen LogP contribution in [0.2, 0.25) is 0 Å². The number of amides is 1. The molecule has 0 bridgehead atoms. The molecular formula is C16H16N2O7. The molecule has 2 N–H and O–H groups in total. The number of nitrogens with zero attached hydrogens (tertiary/aromatic N) is 1. The molecule has 9 heteroatoms. The van der Waals surface area contributed by atoms with Gasteiger partial charge in [-0.3, -0.25) is 14.9 Å². The molecule has 1 aromatic heterocycles. The Morgan fingerprint density at radius 3 is 2.60 bits per heavy atom. The van der Waals surface area contributed by atoms with Crippen molar-refractivity contribution in [1.82, 2.24) is 5.32 Å². The van der Waals surface area contributed by atoms with Crippen LogP contribution in [0.25, 0.3) is 0 Å². The predicted molar refractivity (Wildman–Crippen MR) is 85.8 cm³/mol. The van der Waals surface area contributed by atoms with E-state index in [0.717, 1.165) is 0 Å². The zero-order valence-electron chi connectivity index (χ0n) is 13.6. The molecule has 0 spiro atoms. The van der Waals surface area contributed by atoms with Crippen LogP contribution in [0.5, 0.6) is 5.75 Å². The molecule has 25 heavy (non-hydrogen) atoms. The summed E-state index contributed by atoms with van der Waals surface area (Å²) >= 11 is 0. The third-order valence-electron chi connectivity index (χ3n) is 3.34. The average molecular weight is 348 g/mol. The summed E-state index contributed by atoms with van der Waals surface area (Å²) in [7, 11) is 0. The molecule has 0 aliphatic carbocycles. The molecular weight excluding hydrogens is 332 g/mol. The van der Waals surface area contributed by atoms with E-state index >= 15 is 0 Å². The first-order valence-electron chi connectivity index (χ1n) is 7.35. The van der Waals surface area contributed by atoms with Crippen molar-refractivity contribution in [2.45, 2.75) is 20.4 Å². The third-order valence-corrected chi connectivity index (χ3v) is 3.34. The summed E-state index contributed by atoms with van der Waals surface area (Å²) in [5.41, 5.74) is -0.519. The average Bonchev–Trinajstić information content (AvgIpc) is 2.93. The number of rotatable bonds is 7. The second-order valence-electron chi connectivity index (χ2n) is 5.04. The molecule has 132 valence electrons. The highest BCUT2D eigenvalue weighted by Gasteiger charge is 2.22. The Hall–Kier alpha value is -3.36. The number of nitrogens with one attached hydrogen (secondary N) is 1. The molecule has 2 aromatic rings. The van der Waals surface area contributed by atoms with Crippen LogP contribution in [0.1, 0.15) is 39.2 Å². The van der Waals surface area contributed by atoms with Crippen molar-refractivity contribution in [3.8, 4) is 5.75 Å². The number of carbonyl (C=O) groups is 2. The Kier molecular flexibility index (Phi) is 5.38. The topological polar surface area (TPSA) is 132 Å². The number of nitro groups is 1. The lowest BCUT2D eigenvalue weighted by Crippen LogP contribution is -2.23. The van der Waals surface area contributed by atoms with E-state index < -0.39 is 16.8 Å². The van der Waals surface area contributed by atoms with Crippen molar-refractivity contribution < 1.29 is 28.8 Å². The molecule has 0 atom stereocenters. The summed E-state index contributed by atoms with van der Waals surface area (Å²) in [6, 6.07) is 5.18. The van der Waals surface area contributed by atoms with Gasteiger partial charge in [-0.1, -0.05) is 0 Å². The summed E-state index contributed by atoms with van der Waals surface area (Å²) in [4.78, 5) is 33.7. The van der Waals surface area contributed by atoms with E-state index in [4.69, 9.17) is 14.3 Å². The van der Waals surface area contributed by atoms with Gasteiger partial charge in [-0.15, -0.1) is 0 Å². The van der Waals surface area contributed by atoms with E-state index in [-0.39, 0.29) is 34.9 Å². The van der Waals surface area contributed by atoms with Crippen LogP contribution in [-0.2, 0) is 6.54 Å². The van der Waals surface area contributed by atoms with E-state index in [9.17, 15) is 19.7 Å². The van der Waals surface area contributed by atoms with Gasteiger partial charge in [-0.2, -0.15) is 0 Å². The standard InChI is InChI=1S/C16H16N2O7/c1-3-24-10-4-5-14(18(22)23)13(6-10)15(19)17-8-11-7-12(16(20)21)9(2)25-11/h4-7H,3,8H2,1-2H3,(H,17,19)(H,20,21). The van der Waals surface area contributed by atoms with E-state index in [0.29, 0.717) is 12.4 Å². The summed E-state index contributed by atoms with van der Waals surface area (Å²) < 4.78 is 10.5. The number of ether oxygens (including phenoxy) is 1. The fraction of sp³-hybridized carbons (Fsp3) is 0.250. The number of carboxylic acids is 1. The maximum absolute atomic E-state index is 12.3. The Bertz CT molecular complexity index is 826. The SMILES string of the molecule is CCOc1ccc([N+](=O)[O-])c(C(=O)NCc2cc(C(=O)O)c(C)o2)c1. The number of hydrogen-bond acceptors (Lipinski definition) is 6. The van der Waals surface area contributed by atoms with E-state index in [1.54, 1.807) is 6.92 Å². The summed E-state index contributed by atoms with van der Waals surface area (Å²) in [5.74, 6) is -1.06. The second-order valence-corrected chi connectivity index (χ2v) is 5.04. The fourth-order valence-electron chi connectivity index (χ4n) is 2.22. The Morgan fingerprint density at radius 1 is 1.32 bits per heavy atom. The van der Waals surface area contributed by atoms with Crippen LogP contribution in [-0.4, -0.2) is 28.5 Å². The first kappa shape index (κ1) is 18.0. The lowest BCUT2D eigenvalue weighted by atomic mass is 10.1. The molecule has 9 nitrogen and oxygen atoms in total. The van der Waals surface area contributed by atoms with Crippen molar-refractivity contribution in [3.63, 3.8) is 0 Å². The molecule has 0 radical (unpaired) electrons. The molecule has 0 saturated heterocycles. The van der Waals surface area contributed by atoms with Crippen LogP contribution in [0.15, 0.2) is 28.7 Å². The maximum Gasteiger partial charge on any atom is 0.339 e. The van der Waals surface area contributed by atoms with Crippen molar-refractivity contribution in [1.29, 1.82) is 0 Å². The molecule has 0 unspecified atom stereocenters. The minimum Gasteiger partial charge on any atom is -0.494 e. The first-order chi connectivity index (χ1) is 11.8. The largest absolute Gasteiger partial charge is 0.494 e. The number of carbonyl (C=O) groups excluding carboxylic acids is 1. The van der Waals surface area contributed by atoms with Crippen molar-refractivity contribution in [2.24, 2.45) is 0 Å². The number of furan rings is 1. The van der Waals surface area contributed by atoms with E-state index in [1.807, 2.05) is 0 Å². The first-order valence-corrected chi connectivity index (χ1v) is 7.35. The van der Waals surface area contributed by atoms with Gasteiger partial charge < -0.3 is 19.6 Å². The molecule has 0 saturated carbocycles. The number of carboxylic acid groups (broad SMARTS) is 1. The zero-order valence-corrected chi connectivity index (χ0v) is 13.6. The summed E-state index contributed by atoms with van der Waals surface area (Å²) in [6.45, 7) is 3.48. The Balaban J connectivity index is 2.19. The molecule has 2 rings (SSSR count). The highest BCUT2D eigenvalue weighted by Crippen LogP contribution is 2.24. The van der Waals surface area contributed by atoms with E-state index in [1.165, 1.54) is 31.2 Å². The number of benzene rings is 1. The number of aryl methyl sites for hydroxylation is 1. The minimum atomic E-state index is -1.14. The molecule has 0 aliphatic heterocycles. The number of nitro benzene ring substituents is 1. The van der Waals surface area contributed by atoms with Crippen LogP contribution in [0.3, 0.4) is 0 Å². The van der Waals surface area contributed by atoms with Crippen LogP contribution < -0.4 is 10.1 Å². The van der Waals surface area contributed by atoms with Crippen LogP contribution >= 0.6 is 0 Å². The van der Waals surface area contributed by atoms with Gasteiger partial charge in [0.25, 0.3) is 11.6 Å². The molecule has 0 fully saturated rings. The molecule has 0 aliphatic rings. The molecule has 1 heterocycles. The minimum absolute atomic E-state index is 0.00595. The second kappa shape index (κ2) is 7.47. The Labute approximate surface area is 142 Å². The van der Waals surface area contributed by atoms with Gasteiger partial charge in [0, 0.05) is 6.07 Å². The normalized spacial score (nSPS) is 10.3. The quantitative estimate of drug-likeness (QED) is 0.580. The van der Waals surface area contributed by atoms with Gasteiger partial charge in [-0.25, -0.2) is 4.79 Å². The van der Waals surface area contributed by atoms with Crippen molar-refractivity contribution >= 4 is 17.6 Å². The monoisotopic (exact) mass is 348 g/mol. The van der Waals surface area contributed by atoms with Crippen LogP contribution in [0.4, 0.5) is 5.69 Å². The Morgan fingerprint density at radius 2 is 2.04 bits per heavy atom. The van der Waals surface area contributed by atoms with Gasteiger partial charge in [0.2, 0.25) is 0 Å². The smallest absolute Gasteiger partial charge is 0.339 e. The molecule has 1 aromatic carbocycles. The van der Waals surface area contributed by atoms with Gasteiger partial charge >= 0.3 is 5.97 Å². The highest BCUT2D eigenvalue weighted by atomic mass is 16.6. The van der Waals surface area contributed by atoms with Crippen molar-refractivity contribution in [3.05, 3.63) is 57.0 Å². The third kappa shape index (κ3) is 4.14. The van der Waals surface area contributed by atoms with Gasteiger partial charge in [0.15, 0.2) is 0 Å². The van der Waals surface area contributed by atoms with Crippen LogP contribution in [0, 0.1) is 17.0 Å². The van der Waals surface area contributed by atoms with Gasteiger partial charge in [0.05, 0.1) is 18.1 Å². The fourth-order valence-corrected chi connectivity index (χ4v) is 2.22. The zero-order chi connectivity index (χ0) is 18.6. The van der Waals surface area contributed by atoms with E-state index in [2.05, 4.69) is 5.32 Å². The maximum atomic E-state index is 12.3.